The number of alkyl halides is 1. The second-order valence-corrected chi connectivity index (χ2v) is 3.70. The average Bonchev–Trinajstić information content (AvgIpc) is 2.36. The van der Waals surface area contributed by atoms with Crippen LogP contribution < -0.4 is 0 Å². The maximum atomic E-state index is 11.6. The number of ether oxygens (including phenoxy) is 2. The highest BCUT2D eigenvalue weighted by Gasteiger charge is 2.37. The Kier molecular flexibility index (Phi) is 4.12. The average molecular weight is 245 g/mol. The summed E-state index contributed by atoms with van der Waals surface area (Å²) >= 11 is 5.78. The summed E-state index contributed by atoms with van der Waals surface area (Å²) in [5.41, 5.74) is -0.644. The van der Waals surface area contributed by atoms with Gasteiger partial charge < -0.3 is 9.47 Å². The monoisotopic (exact) mass is 244 g/mol. The van der Waals surface area contributed by atoms with Gasteiger partial charge in [-0.15, -0.1) is 11.6 Å². The van der Waals surface area contributed by atoms with Crippen LogP contribution >= 0.6 is 11.6 Å². The fourth-order valence-corrected chi connectivity index (χ4v) is 1.82. The molecular weight excluding hydrogens is 232 g/mol. The van der Waals surface area contributed by atoms with Crippen molar-refractivity contribution in [2.45, 2.75) is 6.42 Å². The van der Waals surface area contributed by atoms with Gasteiger partial charge in [-0.25, -0.2) is 4.79 Å². The van der Waals surface area contributed by atoms with Gasteiger partial charge in [-0.2, -0.15) is 0 Å². The number of allylic oxidation sites excluding steroid dienone is 1. The molecule has 88 valence electrons. The molecule has 1 atom stereocenters. The predicted octanol–water partition coefficient (Wildman–Crippen LogP) is 1.44. The molecule has 0 aromatic carbocycles. The van der Waals surface area contributed by atoms with Gasteiger partial charge >= 0.3 is 11.9 Å². The van der Waals surface area contributed by atoms with E-state index in [1.807, 2.05) is 0 Å². The Morgan fingerprint density at radius 2 is 2.12 bits per heavy atom. The second kappa shape index (κ2) is 5.16. The van der Waals surface area contributed by atoms with Crippen molar-refractivity contribution in [3.05, 3.63) is 23.8 Å². The lowest BCUT2D eigenvalue weighted by Crippen LogP contribution is -2.32. The lowest BCUT2D eigenvalue weighted by Gasteiger charge is -2.25. The lowest BCUT2D eigenvalue weighted by molar-refractivity contribution is -0.146. The Morgan fingerprint density at radius 3 is 2.62 bits per heavy atom. The third kappa shape index (κ3) is 2.27. The maximum Gasteiger partial charge on any atom is 0.333 e. The lowest BCUT2D eigenvalue weighted by atomic mass is 9.83. The first kappa shape index (κ1) is 12.8. The predicted molar refractivity (Wildman–Crippen MR) is 59.0 cm³/mol. The molecular formula is C11H13ClO4. The molecule has 1 aliphatic carbocycles. The van der Waals surface area contributed by atoms with Gasteiger partial charge in [0.2, 0.25) is 0 Å². The molecule has 0 fully saturated rings. The van der Waals surface area contributed by atoms with Crippen molar-refractivity contribution in [1.29, 1.82) is 0 Å². The highest BCUT2D eigenvalue weighted by Crippen LogP contribution is 2.31. The van der Waals surface area contributed by atoms with Gasteiger partial charge in [0.15, 0.2) is 0 Å². The zero-order chi connectivity index (χ0) is 12.2. The standard InChI is InChI=1S/C11H13ClO4/c1-15-9(13)8-4-3-5-11(6-8,7-12)10(14)16-2/h3,5-6H,4,7H2,1-2H3. The molecule has 4 nitrogen and oxygen atoms in total. The fourth-order valence-electron chi connectivity index (χ4n) is 1.54. The first-order valence-electron chi connectivity index (χ1n) is 4.71. The summed E-state index contributed by atoms with van der Waals surface area (Å²) in [6, 6.07) is 0. The van der Waals surface area contributed by atoms with Crippen molar-refractivity contribution in [2.24, 2.45) is 5.41 Å². The van der Waals surface area contributed by atoms with Crippen LogP contribution in [0.2, 0.25) is 0 Å². The molecule has 0 amide bonds. The van der Waals surface area contributed by atoms with E-state index in [1.54, 1.807) is 12.2 Å². The highest BCUT2D eigenvalue weighted by atomic mass is 35.5. The van der Waals surface area contributed by atoms with Gasteiger partial charge in [-0.05, 0) is 6.42 Å². The smallest absolute Gasteiger partial charge is 0.333 e. The van der Waals surface area contributed by atoms with Crippen molar-refractivity contribution in [1.82, 2.24) is 0 Å². The second-order valence-electron chi connectivity index (χ2n) is 3.43. The molecule has 0 N–H and O–H groups in total. The van der Waals surface area contributed by atoms with Crippen LogP contribution in [0.15, 0.2) is 23.8 Å². The summed E-state index contributed by atoms with van der Waals surface area (Å²) < 4.78 is 9.28. The molecule has 0 heterocycles. The SMILES string of the molecule is COC(=O)C1=CC(CCl)(C(=O)OC)C=CC1. The van der Waals surface area contributed by atoms with Crippen molar-refractivity contribution in [2.75, 3.05) is 20.1 Å². The van der Waals surface area contributed by atoms with E-state index in [-0.39, 0.29) is 5.88 Å². The van der Waals surface area contributed by atoms with Crippen LogP contribution in [0.4, 0.5) is 0 Å². The third-order valence-corrected chi connectivity index (χ3v) is 2.86. The van der Waals surface area contributed by atoms with E-state index in [1.165, 1.54) is 20.3 Å². The maximum absolute atomic E-state index is 11.6. The fraction of sp³-hybridized carbons (Fsp3) is 0.455. The number of rotatable bonds is 3. The first-order chi connectivity index (χ1) is 7.59. The molecule has 0 aromatic rings. The van der Waals surface area contributed by atoms with E-state index in [4.69, 9.17) is 11.6 Å². The third-order valence-electron chi connectivity index (χ3n) is 2.42. The number of methoxy groups -OCH3 is 2. The number of hydrogen-bond donors (Lipinski definition) is 0. The summed E-state index contributed by atoms with van der Waals surface area (Å²) in [6.07, 6.45) is 5.31. The summed E-state index contributed by atoms with van der Waals surface area (Å²) in [7, 11) is 2.58. The van der Waals surface area contributed by atoms with Crippen molar-refractivity contribution >= 4 is 23.5 Å². The quantitative estimate of drug-likeness (QED) is 0.428. The van der Waals surface area contributed by atoms with E-state index < -0.39 is 17.4 Å². The van der Waals surface area contributed by atoms with E-state index >= 15 is 0 Å². The summed E-state index contributed by atoms with van der Waals surface area (Å²) in [5.74, 6) is -0.918. The van der Waals surface area contributed by atoms with E-state index in [9.17, 15) is 9.59 Å². The first-order valence-corrected chi connectivity index (χ1v) is 5.25. The minimum absolute atomic E-state index is 0.0245. The molecule has 1 unspecified atom stereocenters. The molecule has 0 spiro atoms. The molecule has 0 aliphatic heterocycles. The highest BCUT2D eigenvalue weighted by molar-refractivity contribution is 6.20. The molecule has 1 rings (SSSR count). The Labute approximate surface area is 98.9 Å². The normalized spacial score (nSPS) is 23.6. The topological polar surface area (TPSA) is 52.6 Å². The zero-order valence-electron chi connectivity index (χ0n) is 9.16. The number of carbonyl (C=O) groups excluding carboxylic acids is 2. The molecule has 0 aromatic heterocycles. The Bertz CT molecular complexity index is 359. The van der Waals surface area contributed by atoms with Gasteiger partial charge in [0.05, 0.1) is 14.2 Å². The van der Waals surface area contributed by atoms with Crippen molar-refractivity contribution < 1.29 is 19.1 Å². The van der Waals surface area contributed by atoms with Crippen LogP contribution in [0.5, 0.6) is 0 Å². The number of halogens is 1. The van der Waals surface area contributed by atoms with Crippen LogP contribution in [0.3, 0.4) is 0 Å². The minimum atomic E-state index is -1.06. The summed E-state index contributed by atoms with van der Waals surface area (Å²) in [5, 5.41) is 0. The van der Waals surface area contributed by atoms with E-state index in [0.29, 0.717) is 12.0 Å². The van der Waals surface area contributed by atoms with Crippen molar-refractivity contribution in [3.63, 3.8) is 0 Å². The molecule has 0 saturated heterocycles. The van der Waals surface area contributed by atoms with Crippen LogP contribution in [-0.2, 0) is 19.1 Å². The van der Waals surface area contributed by atoms with Crippen LogP contribution in [-0.4, -0.2) is 32.0 Å². The minimum Gasteiger partial charge on any atom is -0.468 e. The van der Waals surface area contributed by atoms with E-state index in [2.05, 4.69) is 9.47 Å². The molecule has 0 saturated carbocycles. The number of carbonyl (C=O) groups is 2. The van der Waals surface area contributed by atoms with Gasteiger partial charge in [-0.3, -0.25) is 4.79 Å². The van der Waals surface area contributed by atoms with Crippen LogP contribution in [0.1, 0.15) is 6.42 Å². The summed E-state index contributed by atoms with van der Waals surface area (Å²) in [4.78, 5) is 23.0. The zero-order valence-corrected chi connectivity index (χ0v) is 9.91. The molecule has 0 radical (unpaired) electrons. The summed E-state index contributed by atoms with van der Waals surface area (Å²) in [6.45, 7) is 0. The Morgan fingerprint density at radius 1 is 1.44 bits per heavy atom. The Balaban J connectivity index is 3.07. The number of esters is 2. The Hall–Kier alpha value is -1.29. The van der Waals surface area contributed by atoms with Crippen LogP contribution in [0, 0.1) is 5.41 Å². The van der Waals surface area contributed by atoms with Gasteiger partial charge in [-0.1, -0.05) is 18.2 Å². The largest absolute Gasteiger partial charge is 0.468 e. The molecule has 16 heavy (non-hydrogen) atoms. The van der Waals surface area contributed by atoms with Crippen molar-refractivity contribution in [3.8, 4) is 0 Å². The van der Waals surface area contributed by atoms with Gasteiger partial charge in [0.1, 0.15) is 5.41 Å². The molecule has 1 aliphatic rings. The number of hydrogen-bond acceptors (Lipinski definition) is 4. The molecule has 0 bridgehead atoms. The van der Waals surface area contributed by atoms with Gasteiger partial charge in [0.25, 0.3) is 0 Å². The molecule has 5 heteroatoms. The van der Waals surface area contributed by atoms with Crippen LogP contribution in [0.25, 0.3) is 0 Å². The van der Waals surface area contributed by atoms with Gasteiger partial charge in [0, 0.05) is 11.5 Å². The van der Waals surface area contributed by atoms with E-state index in [0.717, 1.165) is 0 Å².